The minimum Gasteiger partial charge on any atom is -0.382 e. The number of rotatable bonds is 7. The van der Waals surface area contributed by atoms with Crippen LogP contribution in [-0.4, -0.2) is 30.8 Å². The molecule has 1 unspecified atom stereocenters. The molecule has 0 spiro atoms. The standard InChI is InChI=1S/C11H19N3O2S/c1-3-16-7-4-5-13-11(15)14-9(2)10-12-6-8-17-10/h6,8-9H,3-5,7H2,1-2H3,(H2,13,14,15). The number of ether oxygens (including phenoxy) is 1. The molecule has 0 fully saturated rings. The summed E-state index contributed by atoms with van der Waals surface area (Å²) in [5.41, 5.74) is 0. The number of aromatic nitrogens is 1. The van der Waals surface area contributed by atoms with Crippen LogP contribution in [-0.2, 0) is 4.74 Å². The summed E-state index contributed by atoms with van der Waals surface area (Å²) in [7, 11) is 0. The van der Waals surface area contributed by atoms with Crippen LogP contribution in [0.4, 0.5) is 4.79 Å². The van der Waals surface area contributed by atoms with Crippen molar-refractivity contribution >= 4 is 17.4 Å². The number of nitrogens with one attached hydrogen (secondary N) is 2. The van der Waals surface area contributed by atoms with E-state index in [1.165, 1.54) is 11.3 Å². The van der Waals surface area contributed by atoms with E-state index in [-0.39, 0.29) is 12.1 Å². The van der Waals surface area contributed by atoms with Crippen LogP contribution in [0, 0.1) is 0 Å². The third-order valence-electron chi connectivity index (χ3n) is 2.12. The molecule has 2 N–H and O–H groups in total. The maximum absolute atomic E-state index is 11.5. The Kier molecular flexibility index (Phi) is 6.57. The van der Waals surface area contributed by atoms with E-state index < -0.39 is 0 Å². The van der Waals surface area contributed by atoms with Crippen LogP contribution in [0.3, 0.4) is 0 Å². The minimum absolute atomic E-state index is 0.0538. The Bertz CT molecular complexity index is 317. The van der Waals surface area contributed by atoms with Gasteiger partial charge in [0.2, 0.25) is 0 Å². The molecule has 1 heterocycles. The number of hydrogen-bond acceptors (Lipinski definition) is 4. The van der Waals surface area contributed by atoms with Crippen molar-refractivity contribution < 1.29 is 9.53 Å². The molecule has 0 aliphatic heterocycles. The third-order valence-corrected chi connectivity index (χ3v) is 3.08. The summed E-state index contributed by atoms with van der Waals surface area (Å²) in [6.07, 6.45) is 2.56. The number of nitrogens with zero attached hydrogens (tertiary/aromatic N) is 1. The van der Waals surface area contributed by atoms with Gasteiger partial charge in [-0.25, -0.2) is 9.78 Å². The fourth-order valence-electron chi connectivity index (χ4n) is 1.28. The highest BCUT2D eigenvalue weighted by Crippen LogP contribution is 2.13. The van der Waals surface area contributed by atoms with Crippen molar-refractivity contribution in [1.29, 1.82) is 0 Å². The topological polar surface area (TPSA) is 63.2 Å². The van der Waals surface area contributed by atoms with Crippen molar-refractivity contribution in [2.45, 2.75) is 26.3 Å². The van der Waals surface area contributed by atoms with E-state index >= 15 is 0 Å². The van der Waals surface area contributed by atoms with Crippen LogP contribution in [0.1, 0.15) is 31.3 Å². The first-order valence-electron chi connectivity index (χ1n) is 5.75. The van der Waals surface area contributed by atoms with Crippen molar-refractivity contribution in [3.05, 3.63) is 16.6 Å². The predicted octanol–water partition coefficient (Wildman–Crippen LogP) is 1.93. The van der Waals surface area contributed by atoms with Gasteiger partial charge in [-0.1, -0.05) is 0 Å². The molecule has 5 nitrogen and oxygen atoms in total. The summed E-state index contributed by atoms with van der Waals surface area (Å²) >= 11 is 1.53. The van der Waals surface area contributed by atoms with Gasteiger partial charge in [0.05, 0.1) is 6.04 Å². The van der Waals surface area contributed by atoms with Gasteiger partial charge < -0.3 is 15.4 Å². The fourth-order valence-corrected chi connectivity index (χ4v) is 1.92. The molecule has 0 bridgehead atoms. The lowest BCUT2D eigenvalue weighted by Crippen LogP contribution is -2.37. The van der Waals surface area contributed by atoms with Gasteiger partial charge >= 0.3 is 6.03 Å². The average Bonchev–Trinajstić information content (AvgIpc) is 2.82. The maximum atomic E-state index is 11.5. The first kappa shape index (κ1) is 13.9. The van der Waals surface area contributed by atoms with Crippen LogP contribution in [0.25, 0.3) is 0 Å². The summed E-state index contributed by atoms with van der Waals surface area (Å²) in [6.45, 7) is 5.89. The molecule has 0 aliphatic rings. The summed E-state index contributed by atoms with van der Waals surface area (Å²) in [5.74, 6) is 0. The Morgan fingerprint density at radius 1 is 1.65 bits per heavy atom. The monoisotopic (exact) mass is 257 g/mol. The number of carbonyl (C=O) groups is 1. The van der Waals surface area contributed by atoms with E-state index in [4.69, 9.17) is 4.74 Å². The smallest absolute Gasteiger partial charge is 0.315 e. The van der Waals surface area contributed by atoms with Crippen molar-refractivity contribution in [3.8, 4) is 0 Å². The van der Waals surface area contributed by atoms with Crippen LogP contribution < -0.4 is 10.6 Å². The lowest BCUT2D eigenvalue weighted by molar-refractivity contribution is 0.145. The summed E-state index contributed by atoms with van der Waals surface area (Å²) < 4.78 is 5.18. The third kappa shape index (κ3) is 5.65. The molecule has 0 aromatic carbocycles. The van der Waals surface area contributed by atoms with E-state index in [9.17, 15) is 4.79 Å². The second-order valence-electron chi connectivity index (χ2n) is 3.54. The Labute approximate surface area is 106 Å². The van der Waals surface area contributed by atoms with Gasteiger partial charge in [-0.3, -0.25) is 0 Å². The van der Waals surface area contributed by atoms with Gasteiger partial charge in [0.25, 0.3) is 0 Å². The molecule has 0 saturated carbocycles. The molecular formula is C11H19N3O2S. The van der Waals surface area contributed by atoms with E-state index in [2.05, 4.69) is 15.6 Å². The van der Waals surface area contributed by atoms with Gasteiger partial charge in [-0.05, 0) is 20.3 Å². The molecule has 96 valence electrons. The Hall–Kier alpha value is -1.14. The van der Waals surface area contributed by atoms with Crippen molar-refractivity contribution in [2.24, 2.45) is 0 Å². The SMILES string of the molecule is CCOCCCNC(=O)NC(C)c1nccs1. The van der Waals surface area contributed by atoms with E-state index in [0.29, 0.717) is 19.8 Å². The Morgan fingerprint density at radius 2 is 2.47 bits per heavy atom. The molecule has 0 radical (unpaired) electrons. The molecule has 0 saturated heterocycles. The quantitative estimate of drug-likeness (QED) is 0.734. The molecule has 1 atom stereocenters. The molecule has 0 aliphatic carbocycles. The van der Waals surface area contributed by atoms with Crippen LogP contribution >= 0.6 is 11.3 Å². The molecule has 17 heavy (non-hydrogen) atoms. The van der Waals surface area contributed by atoms with Crippen molar-refractivity contribution in [1.82, 2.24) is 15.6 Å². The normalized spacial score (nSPS) is 12.1. The highest BCUT2D eigenvalue weighted by Gasteiger charge is 2.10. The van der Waals surface area contributed by atoms with Crippen LogP contribution in [0.2, 0.25) is 0 Å². The zero-order valence-corrected chi connectivity index (χ0v) is 11.0. The van der Waals surface area contributed by atoms with Crippen molar-refractivity contribution in [2.75, 3.05) is 19.8 Å². The highest BCUT2D eigenvalue weighted by molar-refractivity contribution is 7.09. The molecule has 6 heteroatoms. The molecule has 1 aromatic rings. The van der Waals surface area contributed by atoms with Gasteiger partial charge in [-0.15, -0.1) is 11.3 Å². The second kappa shape index (κ2) is 8.03. The highest BCUT2D eigenvalue weighted by atomic mass is 32.1. The van der Waals surface area contributed by atoms with E-state index in [0.717, 1.165) is 11.4 Å². The number of amides is 2. The molecule has 2 amide bonds. The van der Waals surface area contributed by atoms with Gasteiger partial charge in [0, 0.05) is 31.3 Å². The van der Waals surface area contributed by atoms with Crippen LogP contribution in [0.5, 0.6) is 0 Å². The number of urea groups is 1. The second-order valence-corrected chi connectivity index (χ2v) is 4.47. The van der Waals surface area contributed by atoms with Gasteiger partial charge in [-0.2, -0.15) is 0 Å². The predicted molar refractivity (Wildman–Crippen MR) is 68.2 cm³/mol. The lowest BCUT2D eigenvalue weighted by Gasteiger charge is -2.12. The van der Waals surface area contributed by atoms with Crippen LogP contribution in [0.15, 0.2) is 11.6 Å². The Morgan fingerprint density at radius 3 is 3.12 bits per heavy atom. The van der Waals surface area contributed by atoms with E-state index in [1.807, 2.05) is 19.2 Å². The number of carbonyl (C=O) groups excluding carboxylic acids is 1. The van der Waals surface area contributed by atoms with E-state index in [1.54, 1.807) is 6.20 Å². The summed E-state index contributed by atoms with van der Waals surface area (Å²) in [4.78, 5) is 15.6. The summed E-state index contributed by atoms with van der Waals surface area (Å²) in [6, 6.07) is -0.217. The molecule has 1 aromatic heterocycles. The largest absolute Gasteiger partial charge is 0.382 e. The number of hydrogen-bond donors (Lipinski definition) is 2. The fraction of sp³-hybridized carbons (Fsp3) is 0.636. The first-order valence-corrected chi connectivity index (χ1v) is 6.63. The maximum Gasteiger partial charge on any atom is 0.315 e. The zero-order valence-electron chi connectivity index (χ0n) is 10.2. The lowest BCUT2D eigenvalue weighted by atomic mass is 10.3. The summed E-state index contributed by atoms with van der Waals surface area (Å²) in [5, 5.41) is 8.42. The zero-order chi connectivity index (χ0) is 12.5. The minimum atomic E-state index is -0.163. The average molecular weight is 257 g/mol. The van der Waals surface area contributed by atoms with Gasteiger partial charge in [0.1, 0.15) is 5.01 Å². The van der Waals surface area contributed by atoms with Gasteiger partial charge in [0.15, 0.2) is 0 Å². The molecule has 1 rings (SSSR count). The first-order chi connectivity index (χ1) is 8.24. The molecular weight excluding hydrogens is 238 g/mol. The number of thiazole rings is 1. The Balaban J connectivity index is 2.12. The van der Waals surface area contributed by atoms with Crippen molar-refractivity contribution in [3.63, 3.8) is 0 Å².